The summed E-state index contributed by atoms with van der Waals surface area (Å²) >= 11 is 14.9. The Labute approximate surface area is 215 Å². The highest BCUT2D eigenvalue weighted by Crippen LogP contribution is 2.32. The third-order valence-electron chi connectivity index (χ3n) is 4.73. The first-order valence-electron chi connectivity index (χ1n) is 10.2. The Hall–Kier alpha value is -2.84. The molecule has 0 aliphatic heterocycles. The minimum absolute atomic E-state index is 0.179. The van der Waals surface area contributed by atoms with Crippen molar-refractivity contribution in [2.75, 3.05) is 16.4 Å². The van der Waals surface area contributed by atoms with Crippen molar-refractivity contribution in [1.29, 1.82) is 0 Å². The molecule has 4 aromatic rings. The van der Waals surface area contributed by atoms with E-state index in [4.69, 9.17) is 23.2 Å². The molecule has 0 atom stereocenters. The smallest absolute Gasteiger partial charge is 0.255 e. The molecule has 172 valence electrons. The molecule has 9 heteroatoms. The molecule has 0 spiro atoms. The minimum Gasteiger partial charge on any atom is -0.322 e. The van der Waals surface area contributed by atoms with Crippen LogP contribution in [-0.2, 0) is 4.79 Å². The molecule has 0 fully saturated rings. The lowest BCUT2D eigenvalue weighted by Gasteiger charge is -2.08. The first-order chi connectivity index (χ1) is 16.4. The molecule has 0 saturated heterocycles. The number of hydrogen-bond acceptors (Lipinski definition) is 5. The first-order valence-corrected chi connectivity index (χ1v) is 12.8. The van der Waals surface area contributed by atoms with Crippen LogP contribution in [0.4, 0.5) is 10.8 Å². The van der Waals surface area contributed by atoms with E-state index in [9.17, 15) is 9.59 Å². The Morgan fingerprint density at radius 2 is 1.79 bits per heavy atom. The third kappa shape index (κ3) is 6.39. The maximum atomic E-state index is 12.4. The average molecular weight is 528 g/mol. The van der Waals surface area contributed by atoms with Crippen molar-refractivity contribution in [1.82, 2.24) is 4.98 Å². The number of rotatable bonds is 7. The van der Waals surface area contributed by atoms with Crippen molar-refractivity contribution in [2.24, 2.45) is 0 Å². The van der Waals surface area contributed by atoms with Crippen LogP contribution in [0, 0.1) is 6.92 Å². The fourth-order valence-corrected chi connectivity index (χ4v) is 5.02. The topological polar surface area (TPSA) is 71.1 Å². The van der Waals surface area contributed by atoms with E-state index in [2.05, 4.69) is 15.6 Å². The lowest BCUT2D eigenvalue weighted by Crippen LogP contribution is -2.14. The van der Waals surface area contributed by atoms with Gasteiger partial charge in [-0.25, -0.2) is 4.98 Å². The van der Waals surface area contributed by atoms with Gasteiger partial charge in [0.2, 0.25) is 5.91 Å². The van der Waals surface area contributed by atoms with E-state index in [1.165, 1.54) is 23.1 Å². The van der Waals surface area contributed by atoms with Crippen LogP contribution in [-0.4, -0.2) is 22.6 Å². The van der Waals surface area contributed by atoms with Gasteiger partial charge in [0.25, 0.3) is 5.91 Å². The Morgan fingerprint density at radius 3 is 2.56 bits per heavy atom. The first kappa shape index (κ1) is 24.3. The van der Waals surface area contributed by atoms with Crippen LogP contribution >= 0.6 is 46.3 Å². The number of aryl methyl sites for hydroxylation is 1. The predicted octanol–water partition coefficient (Wildman–Crippen LogP) is 7.41. The van der Waals surface area contributed by atoms with Gasteiger partial charge in [0.05, 0.1) is 16.5 Å². The quantitative estimate of drug-likeness (QED) is 0.245. The van der Waals surface area contributed by atoms with E-state index in [1.807, 2.05) is 48.7 Å². The number of nitrogens with one attached hydrogen (secondary N) is 2. The zero-order chi connectivity index (χ0) is 24.1. The zero-order valence-corrected chi connectivity index (χ0v) is 21.1. The molecule has 1 aromatic heterocycles. The number of carbonyl (C=O) groups is 2. The summed E-state index contributed by atoms with van der Waals surface area (Å²) in [6.45, 7) is 1.97. The van der Waals surface area contributed by atoms with Crippen molar-refractivity contribution in [3.05, 3.63) is 93.3 Å². The number of nitrogens with zero attached hydrogens (tertiary/aromatic N) is 1. The maximum absolute atomic E-state index is 12.4. The Kier molecular flexibility index (Phi) is 7.90. The molecule has 3 aromatic carbocycles. The largest absolute Gasteiger partial charge is 0.322 e. The van der Waals surface area contributed by atoms with E-state index < -0.39 is 0 Å². The monoisotopic (exact) mass is 527 g/mol. The molecule has 34 heavy (non-hydrogen) atoms. The van der Waals surface area contributed by atoms with Gasteiger partial charge in [-0.15, -0.1) is 23.1 Å². The summed E-state index contributed by atoms with van der Waals surface area (Å²) < 4.78 is 0. The highest BCUT2D eigenvalue weighted by atomic mass is 35.5. The highest BCUT2D eigenvalue weighted by molar-refractivity contribution is 8.00. The van der Waals surface area contributed by atoms with Gasteiger partial charge in [-0.3, -0.25) is 9.59 Å². The summed E-state index contributed by atoms with van der Waals surface area (Å²) in [5, 5.41) is 9.08. The van der Waals surface area contributed by atoms with Crippen molar-refractivity contribution >= 4 is 68.9 Å². The summed E-state index contributed by atoms with van der Waals surface area (Å²) in [6, 6.07) is 20.0. The molecule has 2 amide bonds. The molecule has 4 rings (SSSR count). The number of anilines is 2. The van der Waals surface area contributed by atoms with Crippen molar-refractivity contribution in [3.63, 3.8) is 0 Å². The standard InChI is InChI=1S/C25H19Cl2N3O2S2/c1-15-5-7-16(8-6-15)24(32)28-18-3-2-4-19(12-18)33-14-23(31)30-25-29-22(13-34-25)20-10-9-17(26)11-21(20)27/h2-13H,14H2,1H3,(H,28,32)(H,29,30,31). The zero-order valence-electron chi connectivity index (χ0n) is 18.0. The Morgan fingerprint density at radius 1 is 1.00 bits per heavy atom. The molecular formula is C25H19Cl2N3O2S2. The number of benzene rings is 3. The van der Waals surface area contributed by atoms with E-state index >= 15 is 0 Å². The van der Waals surface area contributed by atoms with Gasteiger partial charge in [-0.05, 0) is 55.5 Å². The van der Waals surface area contributed by atoms with Crippen LogP contribution in [0.5, 0.6) is 0 Å². The predicted molar refractivity (Wildman–Crippen MR) is 142 cm³/mol. The summed E-state index contributed by atoms with van der Waals surface area (Å²) in [5.74, 6) is -0.158. The fourth-order valence-electron chi connectivity index (χ4n) is 3.03. The Balaban J connectivity index is 1.32. The second kappa shape index (κ2) is 11.1. The van der Waals surface area contributed by atoms with E-state index in [1.54, 1.807) is 30.3 Å². The number of aromatic nitrogens is 1. The van der Waals surface area contributed by atoms with Crippen LogP contribution in [0.2, 0.25) is 10.0 Å². The van der Waals surface area contributed by atoms with E-state index in [0.29, 0.717) is 32.1 Å². The molecule has 0 bridgehead atoms. The highest BCUT2D eigenvalue weighted by Gasteiger charge is 2.12. The molecule has 0 saturated carbocycles. The summed E-state index contributed by atoms with van der Waals surface area (Å²) in [6.07, 6.45) is 0. The number of carbonyl (C=O) groups excluding carboxylic acids is 2. The molecule has 1 heterocycles. The molecule has 0 radical (unpaired) electrons. The second-order valence-electron chi connectivity index (χ2n) is 7.35. The number of hydrogen-bond donors (Lipinski definition) is 2. The van der Waals surface area contributed by atoms with Gasteiger partial charge in [0.1, 0.15) is 0 Å². The average Bonchev–Trinajstić information content (AvgIpc) is 3.26. The van der Waals surface area contributed by atoms with Crippen LogP contribution in [0.1, 0.15) is 15.9 Å². The van der Waals surface area contributed by atoms with Gasteiger partial charge in [-0.2, -0.15) is 0 Å². The van der Waals surface area contributed by atoms with Gasteiger partial charge >= 0.3 is 0 Å². The second-order valence-corrected chi connectivity index (χ2v) is 10.1. The van der Waals surface area contributed by atoms with Gasteiger partial charge in [-0.1, -0.05) is 47.0 Å². The minimum atomic E-state index is -0.180. The normalized spacial score (nSPS) is 10.7. The molecule has 5 nitrogen and oxygen atoms in total. The number of thiazole rings is 1. The van der Waals surface area contributed by atoms with Crippen LogP contribution in [0.15, 0.2) is 77.0 Å². The van der Waals surface area contributed by atoms with E-state index in [0.717, 1.165) is 16.0 Å². The number of thioether (sulfide) groups is 1. The summed E-state index contributed by atoms with van der Waals surface area (Å²) in [5.41, 5.74) is 3.77. The lowest BCUT2D eigenvalue weighted by atomic mass is 10.1. The Bertz CT molecular complexity index is 1340. The van der Waals surface area contributed by atoms with Gasteiger partial charge in [0.15, 0.2) is 5.13 Å². The molecule has 2 N–H and O–H groups in total. The van der Waals surface area contributed by atoms with Crippen LogP contribution < -0.4 is 10.6 Å². The lowest BCUT2D eigenvalue weighted by molar-refractivity contribution is -0.113. The van der Waals surface area contributed by atoms with E-state index in [-0.39, 0.29) is 17.6 Å². The molecule has 0 unspecified atom stereocenters. The SMILES string of the molecule is Cc1ccc(C(=O)Nc2cccc(SCC(=O)Nc3nc(-c4ccc(Cl)cc4Cl)cs3)c2)cc1. The van der Waals surface area contributed by atoms with Gasteiger partial charge in [0, 0.05) is 32.1 Å². The van der Waals surface area contributed by atoms with Crippen molar-refractivity contribution in [2.45, 2.75) is 11.8 Å². The maximum Gasteiger partial charge on any atom is 0.255 e. The summed E-state index contributed by atoms with van der Waals surface area (Å²) in [7, 11) is 0. The fraction of sp³-hybridized carbons (Fsp3) is 0.0800. The number of amides is 2. The molecule has 0 aliphatic carbocycles. The van der Waals surface area contributed by atoms with Crippen molar-refractivity contribution < 1.29 is 9.59 Å². The molecule has 0 aliphatic rings. The van der Waals surface area contributed by atoms with Gasteiger partial charge < -0.3 is 10.6 Å². The van der Waals surface area contributed by atoms with Crippen molar-refractivity contribution in [3.8, 4) is 11.3 Å². The number of halogens is 2. The van der Waals surface area contributed by atoms with Crippen LogP contribution in [0.25, 0.3) is 11.3 Å². The third-order valence-corrected chi connectivity index (χ3v) is 7.03. The summed E-state index contributed by atoms with van der Waals surface area (Å²) in [4.78, 5) is 30.2. The van der Waals surface area contributed by atoms with Crippen LogP contribution in [0.3, 0.4) is 0 Å². The molecular weight excluding hydrogens is 509 g/mol.